The quantitative estimate of drug-likeness (QED) is 0.339. The minimum atomic E-state index is -0.889. The largest absolute Gasteiger partial charge is 0.452 e. The zero-order valence-corrected chi connectivity index (χ0v) is 9.50. The van der Waals surface area contributed by atoms with Crippen molar-refractivity contribution in [2.75, 3.05) is 19.4 Å². The van der Waals surface area contributed by atoms with Crippen molar-refractivity contribution in [3.8, 4) is 0 Å². The molecule has 0 heterocycles. The first-order chi connectivity index (χ1) is 8.45. The Labute approximate surface area is 102 Å². The zero-order chi connectivity index (χ0) is 13.7. The molecule has 0 spiro atoms. The molecule has 0 aliphatic heterocycles. The average molecular weight is 253 g/mol. The van der Waals surface area contributed by atoms with Crippen LogP contribution in [0.4, 0.5) is 11.4 Å². The van der Waals surface area contributed by atoms with Gasteiger partial charge in [-0.15, -0.1) is 0 Å². The number of non-ortho nitro benzene ring substituents is 1. The number of hydrogen-bond acceptors (Lipinski definition) is 6. The molecule has 0 radical (unpaired) electrons. The highest BCUT2D eigenvalue weighted by Crippen LogP contribution is 2.20. The average Bonchev–Trinajstić information content (AvgIpc) is 2.35. The predicted octanol–water partition coefficient (Wildman–Crippen LogP) is 0.0798. The Morgan fingerprint density at radius 1 is 1.50 bits per heavy atom. The SMILES string of the molecule is CNC(=O)COC(=O)c1cc([N+](=O)[O-])ccc1N. The third-order valence-corrected chi connectivity index (χ3v) is 2.08. The number of nitrogens with one attached hydrogen (secondary N) is 1. The molecule has 0 saturated carbocycles. The lowest BCUT2D eigenvalue weighted by Gasteiger charge is -2.06. The number of nitro benzene ring substituents is 1. The van der Waals surface area contributed by atoms with Gasteiger partial charge in [0, 0.05) is 24.9 Å². The highest BCUT2D eigenvalue weighted by atomic mass is 16.6. The standard InChI is InChI=1S/C10H11N3O5/c1-12-9(14)5-18-10(15)7-4-6(13(16)17)2-3-8(7)11/h2-4H,5,11H2,1H3,(H,12,14). The number of rotatable bonds is 4. The lowest BCUT2D eigenvalue weighted by molar-refractivity contribution is -0.384. The molecule has 0 aliphatic rings. The molecule has 8 nitrogen and oxygen atoms in total. The Morgan fingerprint density at radius 3 is 2.72 bits per heavy atom. The summed E-state index contributed by atoms with van der Waals surface area (Å²) in [5.74, 6) is -1.38. The van der Waals surface area contributed by atoms with Gasteiger partial charge in [-0.3, -0.25) is 14.9 Å². The summed E-state index contributed by atoms with van der Waals surface area (Å²) < 4.78 is 4.64. The van der Waals surface area contributed by atoms with Gasteiger partial charge in [-0.2, -0.15) is 0 Å². The van der Waals surface area contributed by atoms with Crippen molar-refractivity contribution in [2.24, 2.45) is 0 Å². The maximum atomic E-state index is 11.6. The van der Waals surface area contributed by atoms with E-state index in [1.807, 2.05) is 0 Å². The van der Waals surface area contributed by atoms with Crippen LogP contribution in [0.5, 0.6) is 0 Å². The molecule has 3 N–H and O–H groups in total. The van der Waals surface area contributed by atoms with Crippen molar-refractivity contribution < 1.29 is 19.2 Å². The minimum Gasteiger partial charge on any atom is -0.452 e. The Hall–Kier alpha value is -2.64. The summed E-state index contributed by atoms with van der Waals surface area (Å²) in [6.45, 7) is -0.475. The van der Waals surface area contributed by atoms with Crippen LogP contribution in [0.2, 0.25) is 0 Å². The molecule has 0 saturated heterocycles. The third-order valence-electron chi connectivity index (χ3n) is 2.08. The number of nitrogen functional groups attached to an aromatic ring is 1. The minimum absolute atomic E-state index is 0.0440. The third kappa shape index (κ3) is 3.17. The molecule has 0 fully saturated rings. The predicted molar refractivity (Wildman–Crippen MR) is 61.9 cm³/mol. The van der Waals surface area contributed by atoms with Gasteiger partial charge >= 0.3 is 5.97 Å². The zero-order valence-electron chi connectivity index (χ0n) is 9.50. The van der Waals surface area contributed by atoms with Crippen LogP contribution < -0.4 is 11.1 Å². The van der Waals surface area contributed by atoms with Crippen LogP contribution in [0.25, 0.3) is 0 Å². The number of anilines is 1. The van der Waals surface area contributed by atoms with Crippen LogP contribution in [0.1, 0.15) is 10.4 Å². The number of amides is 1. The van der Waals surface area contributed by atoms with Crippen molar-refractivity contribution in [3.63, 3.8) is 0 Å². The Morgan fingerprint density at radius 2 is 2.17 bits per heavy atom. The summed E-state index contributed by atoms with van der Waals surface area (Å²) in [5, 5.41) is 12.8. The first-order valence-electron chi connectivity index (χ1n) is 4.87. The Kier molecular flexibility index (Phi) is 4.19. The molecule has 1 aromatic carbocycles. The van der Waals surface area contributed by atoms with Crippen LogP contribution in [-0.4, -0.2) is 30.5 Å². The van der Waals surface area contributed by atoms with E-state index < -0.39 is 23.4 Å². The summed E-state index contributed by atoms with van der Waals surface area (Å²) in [4.78, 5) is 32.3. The van der Waals surface area contributed by atoms with Crippen molar-refractivity contribution in [3.05, 3.63) is 33.9 Å². The van der Waals surface area contributed by atoms with Gasteiger partial charge in [0.2, 0.25) is 0 Å². The molecule has 1 amide bonds. The summed E-state index contributed by atoms with van der Waals surface area (Å²) >= 11 is 0. The van der Waals surface area contributed by atoms with Gasteiger partial charge in [0.05, 0.1) is 10.5 Å². The molecule has 0 bridgehead atoms. The Bertz CT molecular complexity index is 500. The van der Waals surface area contributed by atoms with E-state index in [1.54, 1.807) is 0 Å². The summed E-state index contributed by atoms with van der Waals surface area (Å²) in [6, 6.07) is 3.40. The highest BCUT2D eigenvalue weighted by molar-refractivity contribution is 5.96. The number of nitrogens with two attached hydrogens (primary N) is 1. The fourth-order valence-electron chi connectivity index (χ4n) is 1.12. The van der Waals surface area contributed by atoms with Crippen molar-refractivity contribution in [1.82, 2.24) is 5.32 Å². The molecule has 1 rings (SSSR count). The Balaban J connectivity index is 2.87. The molecule has 0 unspecified atom stereocenters. The maximum absolute atomic E-state index is 11.6. The first kappa shape index (κ1) is 13.4. The fourth-order valence-corrected chi connectivity index (χ4v) is 1.12. The number of nitro groups is 1. The second-order valence-corrected chi connectivity index (χ2v) is 3.28. The van der Waals surface area contributed by atoms with Gasteiger partial charge in [-0.25, -0.2) is 4.79 Å². The molecule has 96 valence electrons. The molecule has 8 heteroatoms. The number of esters is 1. The molecular formula is C10H11N3O5. The van der Waals surface area contributed by atoms with Crippen LogP contribution >= 0.6 is 0 Å². The molecular weight excluding hydrogens is 242 g/mol. The second kappa shape index (κ2) is 5.62. The van der Waals surface area contributed by atoms with E-state index >= 15 is 0 Å². The van der Waals surface area contributed by atoms with E-state index in [0.717, 1.165) is 6.07 Å². The second-order valence-electron chi connectivity index (χ2n) is 3.28. The van der Waals surface area contributed by atoms with Crippen LogP contribution in [0.3, 0.4) is 0 Å². The lowest BCUT2D eigenvalue weighted by Crippen LogP contribution is -2.25. The highest BCUT2D eigenvalue weighted by Gasteiger charge is 2.17. The number of hydrogen-bond donors (Lipinski definition) is 2. The number of carbonyl (C=O) groups excluding carboxylic acids is 2. The topological polar surface area (TPSA) is 125 Å². The van der Waals surface area contributed by atoms with Gasteiger partial charge in [-0.05, 0) is 6.07 Å². The number of likely N-dealkylation sites (N-methyl/N-ethyl adjacent to an activating group) is 1. The molecule has 18 heavy (non-hydrogen) atoms. The van der Waals surface area contributed by atoms with Gasteiger partial charge in [-0.1, -0.05) is 0 Å². The van der Waals surface area contributed by atoms with Gasteiger partial charge in [0.1, 0.15) is 0 Å². The van der Waals surface area contributed by atoms with Crippen LogP contribution in [0, 0.1) is 10.1 Å². The van der Waals surface area contributed by atoms with Gasteiger partial charge in [0.15, 0.2) is 6.61 Å². The van der Waals surface area contributed by atoms with Crippen LogP contribution in [-0.2, 0) is 9.53 Å². The smallest absolute Gasteiger partial charge is 0.341 e. The number of benzene rings is 1. The monoisotopic (exact) mass is 253 g/mol. The fraction of sp³-hybridized carbons (Fsp3) is 0.200. The van der Waals surface area contributed by atoms with E-state index in [4.69, 9.17) is 5.73 Å². The summed E-state index contributed by atoms with van der Waals surface area (Å²) in [6.07, 6.45) is 0. The van der Waals surface area contributed by atoms with Crippen molar-refractivity contribution >= 4 is 23.3 Å². The van der Waals surface area contributed by atoms with E-state index in [2.05, 4.69) is 10.1 Å². The molecule has 0 aromatic heterocycles. The molecule has 0 atom stereocenters. The summed E-state index contributed by atoms with van der Waals surface area (Å²) in [7, 11) is 1.39. The summed E-state index contributed by atoms with van der Waals surface area (Å²) in [5.41, 5.74) is 5.12. The van der Waals surface area contributed by atoms with Crippen molar-refractivity contribution in [2.45, 2.75) is 0 Å². The number of ether oxygens (including phenoxy) is 1. The normalized spacial score (nSPS) is 9.61. The van der Waals surface area contributed by atoms with E-state index in [0.29, 0.717) is 0 Å². The van der Waals surface area contributed by atoms with E-state index in [-0.39, 0.29) is 16.9 Å². The maximum Gasteiger partial charge on any atom is 0.341 e. The van der Waals surface area contributed by atoms with E-state index in [1.165, 1.54) is 19.2 Å². The van der Waals surface area contributed by atoms with Gasteiger partial charge in [0.25, 0.3) is 11.6 Å². The van der Waals surface area contributed by atoms with Gasteiger partial charge < -0.3 is 15.8 Å². The molecule has 0 aliphatic carbocycles. The number of nitrogens with zero attached hydrogens (tertiary/aromatic N) is 1. The van der Waals surface area contributed by atoms with E-state index in [9.17, 15) is 19.7 Å². The first-order valence-corrected chi connectivity index (χ1v) is 4.87. The van der Waals surface area contributed by atoms with Crippen molar-refractivity contribution in [1.29, 1.82) is 0 Å². The number of carbonyl (C=O) groups is 2. The lowest BCUT2D eigenvalue weighted by atomic mass is 10.1. The van der Waals surface area contributed by atoms with Crippen LogP contribution in [0.15, 0.2) is 18.2 Å². The molecule has 1 aromatic rings.